The minimum atomic E-state index is -0.337. The number of aryl methyl sites for hydroxylation is 1. The molecule has 1 aromatic rings. The quantitative estimate of drug-likeness (QED) is 0.627. The Morgan fingerprint density at radius 3 is 3.07 bits per heavy atom. The second kappa shape index (κ2) is 3.29. The second-order valence-electron chi connectivity index (χ2n) is 3.19. The number of fused-ring (bicyclic) bond motifs is 1. The number of aromatic nitrogens is 1. The molecular formula is C10H11NO3. The summed E-state index contributed by atoms with van der Waals surface area (Å²) in [6, 6.07) is 1.90. The fraction of sp³-hybridized carbons (Fsp3) is 0.400. The molecule has 14 heavy (non-hydrogen) atoms. The van der Waals surface area contributed by atoms with Crippen LogP contribution >= 0.6 is 0 Å². The number of methoxy groups -OCH3 is 1. The largest absolute Gasteiger partial charge is 0.480 e. The van der Waals surface area contributed by atoms with E-state index >= 15 is 0 Å². The first-order chi connectivity index (χ1) is 6.72. The van der Waals surface area contributed by atoms with Crippen molar-refractivity contribution in [3.8, 4) is 5.88 Å². The third-order valence-corrected chi connectivity index (χ3v) is 2.20. The van der Waals surface area contributed by atoms with E-state index < -0.39 is 0 Å². The SMILES string of the molecule is COc1nc(C)cc2c1C(=O)OCC2. The number of carbonyl (C=O) groups excluding carboxylic acids is 1. The van der Waals surface area contributed by atoms with Crippen molar-refractivity contribution >= 4 is 5.97 Å². The number of hydrogen-bond acceptors (Lipinski definition) is 4. The van der Waals surface area contributed by atoms with Crippen molar-refractivity contribution in [2.75, 3.05) is 13.7 Å². The molecule has 0 saturated carbocycles. The molecule has 0 unspecified atom stereocenters. The smallest absolute Gasteiger partial charge is 0.343 e. The molecule has 0 saturated heterocycles. The lowest BCUT2D eigenvalue weighted by molar-refractivity contribution is 0.0474. The van der Waals surface area contributed by atoms with E-state index in [0.717, 1.165) is 17.7 Å². The zero-order valence-electron chi connectivity index (χ0n) is 8.16. The van der Waals surface area contributed by atoms with Gasteiger partial charge in [0, 0.05) is 12.1 Å². The number of nitrogens with zero attached hydrogens (tertiary/aromatic N) is 1. The van der Waals surface area contributed by atoms with Crippen LogP contribution in [0.5, 0.6) is 5.88 Å². The molecule has 0 aromatic carbocycles. The van der Waals surface area contributed by atoms with Gasteiger partial charge >= 0.3 is 5.97 Å². The highest BCUT2D eigenvalue weighted by Crippen LogP contribution is 2.25. The first-order valence-electron chi connectivity index (χ1n) is 4.44. The first kappa shape index (κ1) is 8.99. The van der Waals surface area contributed by atoms with E-state index in [0.29, 0.717) is 18.1 Å². The van der Waals surface area contributed by atoms with Crippen LogP contribution in [0.1, 0.15) is 21.6 Å². The summed E-state index contributed by atoms with van der Waals surface area (Å²) in [5.74, 6) is 0.0281. The van der Waals surface area contributed by atoms with Crippen LogP contribution in [0.4, 0.5) is 0 Å². The van der Waals surface area contributed by atoms with Crippen LogP contribution in [0.3, 0.4) is 0 Å². The van der Waals surface area contributed by atoms with Crippen LogP contribution in [0, 0.1) is 6.92 Å². The van der Waals surface area contributed by atoms with Crippen LogP contribution < -0.4 is 4.74 Å². The fourth-order valence-electron chi connectivity index (χ4n) is 1.60. The minimum Gasteiger partial charge on any atom is -0.480 e. The summed E-state index contributed by atoms with van der Waals surface area (Å²) in [6.45, 7) is 2.32. The monoisotopic (exact) mass is 193 g/mol. The summed E-state index contributed by atoms with van der Waals surface area (Å²) in [4.78, 5) is 15.6. The van der Waals surface area contributed by atoms with Gasteiger partial charge in [-0.2, -0.15) is 0 Å². The summed E-state index contributed by atoms with van der Waals surface area (Å²) in [5, 5.41) is 0. The van der Waals surface area contributed by atoms with Crippen molar-refractivity contribution in [3.63, 3.8) is 0 Å². The molecular weight excluding hydrogens is 182 g/mol. The number of rotatable bonds is 1. The Hall–Kier alpha value is -1.58. The van der Waals surface area contributed by atoms with E-state index in [2.05, 4.69) is 4.98 Å². The van der Waals surface area contributed by atoms with Gasteiger partial charge in [-0.25, -0.2) is 9.78 Å². The summed E-state index contributed by atoms with van der Waals surface area (Å²) in [5.41, 5.74) is 2.30. The zero-order valence-corrected chi connectivity index (χ0v) is 8.16. The topological polar surface area (TPSA) is 48.4 Å². The van der Waals surface area contributed by atoms with Crippen molar-refractivity contribution in [2.24, 2.45) is 0 Å². The van der Waals surface area contributed by atoms with Gasteiger partial charge in [-0.3, -0.25) is 0 Å². The zero-order chi connectivity index (χ0) is 10.1. The third-order valence-electron chi connectivity index (χ3n) is 2.20. The molecule has 1 aliphatic rings. The predicted molar refractivity (Wildman–Crippen MR) is 49.5 cm³/mol. The third kappa shape index (κ3) is 1.32. The maximum absolute atomic E-state index is 11.4. The fourth-order valence-corrected chi connectivity index (χ4v) is 1.60. The van der Waals surface area contributed by atoms with Gasteiger partial charge in [-0.05, 0) is 18.6 Å². The standard InChI is InChI=1S/C10H11NO3/c1-6-5-7-3-4-14-10(12)8(7)9(11-6)13-2/h5H,3-4H2,1-2H3. The van der Waals surface area contributed by atoms with E-state index in [1.165, 1.54) is 7.11 Å². The van der Waals surface area contributed by atoms with Gasteiger partial charge < -0.3 is 9.47 Å². The number of pyridine rings is 1. The molecule has 4 heteroatoms. The maximum atomic E-state index is 11.4. The number of hydrogen-bond donors (Lipinski definition) is 0. The van der Waals surface area contributed by atoms with Crippen molar-refractivity contribution in [1.82, 2.24) is 4.98 Å². The molecule has 0 spiro atoms. The Kier molecular flexibility index (Phi) is 2.11. The van der Waals surface area contributed by atoms with Gasteiger partial charge in [-0.15, -0.1) is 0 Å². The Morgan fingerprint density at radius 2 is 2.36 bits per heavy atom. The molecule has 2 rings (SSSR count). The molecule has 0 aliphatic carbocycles. The molecule has 1 aliphatic heterocycles. The van der Waals surface area contributed by atoms with E-state index in [4.69, 9.17) is 9.47 Å². The molecule has 0 N–H and O–H groups in total. The lowest BCUT2D eigenvalue weighted by Gasteiger charge is -2.17. The first-order valence-corrected chi connectivity index (χ1v) is 4.44. The van der Waals surface area contributed by atoms with Crippen molar-refractivity contribution < 1.29 is 14.3 Å². The number of carbonyl (C=O) groups is 1. The van der Waals surface area contributed by atoms with E-state index in [1.807, 2.05) is 13.0 Å². The summed E-state index contributed by atoms with van der Waals surface area (Å²) >= 11 is 0. The molecule has 0 radical (unpaired) electrons. The molecule has 2 heterocycles. The van der Waals surface area contributed by atoms with Gasteiger partial charge in [0.15, 0.2) is 0 Å². The summed E-state index contributed by atoms with van der Waals surface area (Å²) in [6.07, 6.45) is 0.737. The van der Waals surface area contributed by atoms with Crippen LogP contribution in [0.25, 0.3) is 0 Å². The Bertz CT molecular complexity index is 370. The molecule has 1 aromatic heterocycles. The molecule has 4 nitrogen and oxygen atoms in total. The molecule has 0 bridgehead atoms. The van der Waals surface area contributed by atoms with Crippen LogP contribution in [-0.4, -0.2) is 24.7 Å². The second-order valence-corrected chi connectivity index (χ2v) is 3.19. The Labute approximate surface area is 81.9 Å². The number of esters is 1. The maximum Gasteiger partial charge on any atom is 0.343 e. The van der Waals surface area contributed by atoms with Gasteiger partial charge in [0.1, 0.15) is 5.56 Å². The highest BCUT2D eigenvalue weighted by molar-refractivity contribution is 5.94. The number of cyclic esters (lactones) is 1. The highest BCUT2D eigenvalue weighted by atomic mass is 16.5. The Morgan fingerprint density at radius 1 is 1.57 bits per heavy atom. The molecule has 0 amide bonds. The summed E-state index contributed by atoms with van der Waals surface area (Å²) in [7, 11) is 1.50. The average molecular weight is 193 g/mol. The molecule has 0 atom stereocenters. The molecule has 0 fully saturated rings. The van der Waals surface area contributed by atoms with Crippen LogP contribution in [0.2, 0.25) is 0 Å². The van der Waals surface area contributed by atoms with E-state index in [9.17, 15) is 4.79 Å². The van der Waals surface area contributed by atoms with Crippen molar-refractivity contribution in [3.05, 3.63) is 22.9 Å². The van der Waals surface area contributed by atoms with Crippen LogP contribution in [-0.2, 0) is 11.2 Å². The van der Waals surface area contributed by atoms with Gasteiger partial charge in [0.05, 0.1) is 13.7 Å². The normalized spacial score (nSPS) is 14.6. The number of ether oxygens (including phenoxy) is 2. The lowest BCUT2D eigenvalue weighted by Crippen LogP contribution is -2.19. The van der Waals surface area contributed by atoms with Crippen LogP contribution in [0.15, 0.2) is 6.07 Å². The van der Waals surface area contributed by atoms with E-state index in [1.54, 1.807) is 0 Å². The summed E-state index contributed by atoms with van der Waals surface area (Å²) < 4.78 is 9.98. The van der Waals surface area contributed by atoms with Gasteiger partial charge in [-0.1, -0.05) is 0 Å². The minimum absolute atomic E-state index is 0.337. The van der Waals surface area contributed by atoms with Crippen molar-refractivity contribution in [2.45, 2.75) is 13.3 Å². The van der Waals surface area contributed by atoms with Gasteiger partial charge in [0.2, 0.25) is 5.88 Å². The van der Waals surface area contributed by atoms with Crippen molar-refractivity contribution in [1.29, 1.82) is 0 Å². The van der Waals surface area contributed by atoms with Gasteiger partial charge in [0.25, 0.3) is 0 Å². The lowest BCUT2D eigenvalue weighted by atomic mass is 10.0. The molecule has 74 valence electrons. The Balaban J connectivity index is 2.61. The highest BCUT2D eigenvalue weighted by Gasteiger charge is 2.24. The van der Waals surface area contributed by atoms with E-state index in [-0.39, 0.29) is 5.97 Å². The average Bonchev–Trinajstić information content (AvgIpc) is 2.16. The predicted octanol–water partition coefficient (Wildman–Crippen LogP) is 1.11.